The van der Waals surface area contributed by atoms with Gasteiger partial charge in [0, 0.05) is 9.75 Å². The van der Waals surface area contributed by atoms with Gasteiger partial charge in [0.2, 0.25) is 0 Å². The average Bonchev–Trinajstić information content (AvgIpc) is 3.61. The van der Waals surface area contributed by atoms with E-state index in [9.17, 15) is 0 Å². The molecule has 0 amide bonds. The van der Waals surface area contributed by atoms with Gasteiger partial charge in [-0.2, -0.15) is 0 Å². The van der Waals surface area contributed by atoms with E-state index in [1.165, 1.54) is 81.0 Å². The second-order valence-corrected chi connectivity index (χ2v) is 12.7. The maximum atomic E-state index is 4.28. The lowest BCUT2D eigenvalue weighted by Crippen LogP contribution is -1.94. The molecule has 46 heavy (non-hydrogen) atoms. The Labute approximate surface area is 274 Å². The number of benzene rings is 7. The van der Waals surface area contributed by atoms with Crippen molar-refractivity contribution in [2.45, 2.75) is 6.92 Å². The monoisotopic (exact) mass is 604 g/mol. The predicted molar refractivity (Wildman–Crippen MR) is 203 cm³/mol. The number of allylic oxidation sites excluding steroid dienone is 1. The van der Waals surface area contributed by atoms with Crippen LogP contribution in [0.15, 0.2) is 158 Å². The second kappa shape index (κ2) is 11.8. The zero-order chi connectivity index (χ0) is 31.0. The quantitative estimate of drug-likeness (QED) is 0.166. The average molecular weight is 605 g/mol. The minimum atomic E-state index is 1.15. The largest absolute Gasteiger partial charge is 0.135 e. The lowest BCUT2D eigenvalue weighted by atomic mass is 9.82. The Morgan fingerprint density at radius 1 is 0.500 bits per heavy atom. The maximum absolute atomic E-state index is 4.28. The summed E-state index contributed by atoms with van der Waals surface area (Å²) in [4.78, 5) is 2.54. The molecule has 1 heterocycles. The highest BCUT2D eigenvalue weighted by molar-refractivity contribution is 7.18. The number of hydrogen-bond acceptors (Lipinski definition) is 1. The van der Waals surface area contributed by atoms with Crippen LogP contribution in [0.4, 0.5) is 0 Å². The third-order valence-corrected chi connectivity index (χ3v) is 10.2. The van der Waals surface area contributed by atoms with Crippen LogP contribution in [-0.4, -0.2) is 0 Å². The molecular weight excluding hydrogens is 573 g/mol. The summed E-state index contributed by atoms with van der Waals surface area (Å²) in [7, 11) is 0. The first-order valence-electron chi connectivity index (χ1n) is 15.8. The molecule has 8 rings (SSSR count). The van der Waals surface area contributed by atoms with Crippen LogP contribution in [0.1, 0.15) is 18.1 Å². The smallest absolute Gasteiger partial charge is 0.0349 e. The van der Waals surface area contributed by atoms with Crippen LogP contribution in [0.3, 0.4) is 0 Å². The highest BCUT2D eigenvalue weighted by atomic mass is 32.1. The second-order valence-electron chi connectivity index (χ2n) is 11.6. The first-order chi connectivity index (χ1) is 22.7. The van der Waals surface area contributed by atoms with Crippen LogP contribution in [0.2, 0.25) is 0 Å². The SMILES string of the molecule is C=Cc1c(/C=C\C)cccc1-c1c2ccccc2c(-c2cccc3ccccc23)c2ccc(-c3ccc(-c4ccccc4)s3)cc12. The fraction of sp³-hybridized carbons (Fsp3) is 0.0222. The molecule has 0 bridgehead atoms. The van der Waals surface area contributed by atoms with Gasteiger partial charge in [0.15, 0.2) is 0 Å². The number of hydrogen-bond donors (Lipinski definition) is 0. The van der Waals surface area contributed by atoms with Gasteiger partial charge in [-0.15, -0.1) is 11.3 Å². The summed E-state index contributed by atoms with van der Waals surface area (Å²) < 4.78 is 0. The van der Waals surface area contributed by atoms with Crippen molar-refractivity contribution in [1.29, 1.82) is 0 Å². The summed E-state index contributed by atoms with van der Waals surface area (Å²) >= 11 is 1.85. The van der Waals surface area contributed by atoms with Gasteiger partial charge in [-0.05, 0) is 102 Å². The fourth-order valence-electron chi connectivity index (χ4n) is 6.96. The zero-order valence-corrected chi connectivity index (χ0v) is 26.5. The van der Waals surface area contributed by atoms with Crippen molar-refractivity contribution >= 4 is 55.8 Å². The Kier molecular flexibility index (Phi) is 7.17. The Hall–Kier alpha value is -5.50. The van der Waals surface area contributed by atoms with E-state index in [0.29, 0.717) is 0 Å². The molecular formula is C45H32S. The minimum absolute atomic E-state index is 1.15. The predicted octanol–water partition coefficient (Wildman–Crippen LogP) is 13.6. The van der Waals surface area contributed by atoms with E-state index in [0.717, 1.165) is 5.56 Å². The van der Waals surface area contributed by atoms with E-state index >= 15 is 0 Å². The molecule has 0 fully saturated rings. The van der Waals surface area contributed by atoms with Crippen molar-refractivity contribution in [3.05, 3.63) is 169 Å². The van der Waals surface area contributed by atoms with E-state index < -0.39 is 0 Å². The van der Waals surface area contributed by atoms with Crippen LogP contribution in [0, 0.1) is 0 Å². The molecule has 0 saturated heterocycles. The standard InChI is InChI=1S/C45H32S/c1-3-14-30-18-12-23-36(34(30)4-2)45-39-22-11-10-21-38(39)44(37-24-13-19-31-15-8-9-20-35(31)37)40-26-25-33(29-41(40)45)43-28-27-42(46-43)32-16-6-5-7-17-32/h3-29H,2H2,1H3/b14-3-. The third kappa shape index (κ3) is 4.68. The van der Waals surface area contributed by atoms with Crippen molar-refractivity contribution in [3.8, 4) is 43.1 Å². The van der Waals surface area contributed by atoms with Crippen molar-refractivity contribution in [2.75, 3.05) is 0 Å². The molecule has 218 valence electrons. The molecule has 8 aromatic rings. The molecule has 1 heteroatoms. The van der Waals surface area contributed by atoms with Crippen LogP contribution in [-0.2, 0) is 0 Å². The molecule has 0 N–H and O–H groups in total. The Morgan fingerprint density at radius 3 is 1.87 bits per heavy atom. The van der Waals surface area contributed by atoms with Crippen LogP contribution in [0.5, 0.6) is 0 Å². The molecule has 0 saturated carbocycles. The molecule has 0 unspecified atom stereocenters. The number of thiophene rings is 1. The fourth-order valence-corrected chi connectivity index (χ4v) is 7.97. The van der Waals surface area contributed by atoms with Crippen molar-refractivity contribution < 1.29 is 0 Å². The molecule has 0 radical (unpaired) electrons. The van der Waals surface area contributed by atoms with Crippen molar-refractivity contribution in [2.24, 2.45) is 0 Å². The van der Waals surface area contributed by atoms with Gasteiger partial charge in [-0.25, -0.2) is 0 Å². The van der Waals surface area contributed by atoms with Gasteiger partial charge in [0.05, 0.1) is 0 Å². The first-order valence-corrected chi connectivity index (χ1v) is 16.6. The highest BCUT2D eigenvalue weighted by Crippen LogP contribution is 2.48. The van der Waals surface area contributed by atoms with Gasteiger partial charge in [0.1, 0.15) is 0 Å². The molecule has 1 aromatic heterocycles. The number of fused-ring (bicyclic) bond motifs is 3. The van der Waals surface area contributed by atoms with Gasteiger partial charge in [0.25, 0.3) is 0 Å². The van der Waals surface area contributed by atoms with Gasteiger partial charge >= 0.3 is 0 Å². The minimum Gasteiger partial charge on any atom is -0.135 e. The van der Waals surface area contributed by atoms with Gasteiger partial charge in [-0.3, -0.25) is 0 Å². The van der Waals surface area contributed by atoms with Gasteiger partial charge < -0.3 is 0 Å². The molecule has 0 aliphatic carbocycles. The number of rotatable bonds is 6. The van der Waals surface area contributed by atoms with E-state index in [4.69, 9.17) is 0 Å². The third-order valence-electron chi connectivity index (χ3n) is 8.99. The first kappa shape index (κ1) is 28.0. The summed E-state index contributed by atoms with van der Waals surface area (Å²) in [6.45, 7) is 6.35. The lowest BCUT2D eigenvalue weighted by Gasteiger charge is -2.21. The maximum Gasteiger partial charge on any atom is 0.0349 e. The molecule has 0 aliphatic rings. The van der Waals surface area contributed by atoms with E-state index in [-0.39, 0.29) is 0 Å². The van der Waals surface area contributed by atoms with Crippen LogP contribution >= 0.6 is 11.3 Å². The Morgan fingerprint density at radius 2 is 1.11 bits per heavy atom. The van der Waals surface area contributed by atoms with Crippen molar-refractivity contribution in [3.63, 3.8) is 0 Å². The molecule has 0 nitrogen and oxygen atoms in total. The van der Waals surface area contributed by atoms with E-state index in [1.807, 2.05) is 17.4 Å². The topological polar surface area (TPSA) is 0 Å². The molecule has 0 spiro atoms. The molecule has 7 aromatic carbocycles. The summed E-state index contributed by atoms with van der Waals surface area (Å²) in [5.74, 6) is 0. The Bertz CT molecular complexity index is 2430. The Balaban J connectivity index is 1.49. The van der Waals surface area contributed by atoms with Crippen molar-refractivity contribution in [1.82, 2.24) is 0 Å². The highest BCUT2D eigenvalue weighted by Gasteiger charge is 2.20. The summed E-state index contributed by atoms with van der Waals surface area (Å²) in [6, 6.07) is 53.2. The summed E-state index contributed by atoms with van der Waals surface area (Å²) in [5.41, 5.74) is 9.78. The van der Waals surface area contributed by atoms with E-state index in [1.54, 1.807) is 0 Å². The normalized spacial score (nSPS) is 11.6. The van der Waals surface area contributed by atoms with Crippen LogP contribution < -0.4 is 0 Å². The summed E-state index contributed by atoms with van der Waals surface area (Å²) in [6.07, 6.45) is 6.29. The summed E-state index contributed by atoms with van der Waals surface area (Å²) in [5, 5.41) is 7.50. The zero-order valence-electron chi connectivity index (χ0n) is 25.7. The van der Waals surface area contributed by atoms with E-state index in [2.05, 4.69) is 171 Å². The molecule has 0 atom stereocenters. The lowest BCUT2D eigenvalue weighted by molar-refractivity contribution is 1.59. The molecule has 0 aliphatic heterocycles. The van der Waals surface area contributed by atoms with Gasteiger partial charge in [-0.1, -0.05) is 152 Å². The van der Waals surface area contributed by atoms with Crippen LogP contribution in [0.25, 0.3) is 87.6 Å².